The highest BCUT2D eigenvalue weighted by Gasteiger charge is 2.30. The maximum atomic E-state index is 11.8. The lowest BCUT2D eigenvalue weighted by Crippen LogP contribution is -2.45. The number of methoxy groups -OCH3 is 1. The number of carbonyl (C=O) groups is 4. The van der Waals surface area contributed by atoms with Gasteiger partial charge in [-0.25, -0.2) is 9.59 Å². The number of carbonyl (C=O) groups excluding carboxylic acids is 4. The van der Waals surface area contributed by atoms with Crippen molar-refractivity contribution in [2.75, 3.05) is 35.3 Å². The van der Waals surface area contributed by atoms with E-state index >= 15 is 0 Å². The molecule has 0 saturated carbocycles. The van der Waals surface area contributed by atoms with Crippen LogP contribution in [0.15, 0.2) is 30.3 Å². The lowest BCUT2D eigenvalue weighted by molar-refractivity contribution is -0.144. The first-order chi connectivity index (χ1) is 15.8. The van der Waals surface area contributed by atoms with Crippen LogP contribution >= 0.6 is 0 Å². The van der Waals surface area contributed by atoms with Crippen molar-refractivity contribution in [2.45, 2.75) is 44.8 Å². The van der Waals surface area contributed by atoms with E-state index in [1.165, 1.54) is 37.9 Å². The Morgan fingerprint density at radius 3 is 1.85 bits per heavy atom. The quantitative estimate of drug-likeness (QED) is 0.452. The highest BCUT2D eigenvalue weighted by atomic mass is 16.6. The van der Waals surface area contributed by atoms with Crippen molar-refractivity contribution in [3.63, 3.8) is 0 Å². The summed E-state index contributed by atoms with van der Waals surface area (Å²) in [6, 6.07) is 9.31. The normalized spacial score (nSPS) is 13.6. The van der Waals surface area contributed by atoms with Gasteiger partial charge in [-0.1, -0.05) is 30.3 Å². The Bertz CT molecular complexity index is 786. The third-order valence-electron chi connectivity index (χ3n) is 4.36. The molecule has 0 fully saturated rings. The second kappa shape index (κ2) is 15.5. The Labute approximate surface area is 199 Å². The summed E-state index contributed by atoms with van der Waals surface area (Å²) in [5.41, 5.74) is 5.75. The Morgan fingerprint density at radius 2 is 1.44 bits per heavy atom. The molecular formula is C22H36N4O8. The SMILES string of the molecule is CO[C@H](C)[C@@H](OC(N)=O)C(=O)N(C)C.C[C@@H](O)[C@@H](OC(=O)NCc1ccccc1)C(=O)N(C)C. The van der Waals surface area contributed by atoms with Gasteiger partial charge in [-0.3, -0.25) is 9.59 Å². The molecule has 4 atom stereocenters. The summed E-state index contributed by atoms with van der Waals surface area (Å²) >= 11 is 0. The lowest BCUT2D eigenvalue weighted by Gasteiger charge is -2.23. The van der Waals surface area contributed by atoms with Gasteiger partial charge in [0.25, 0.3) is 11.8 Å². The maximum absolute atomic E-state index is 11.8. The second-order valence-corrected chi connectivity index (χ2v) is 7.67. The number of benzene rings is 1. The van der Waals surface area contributed by atoms with Gasteiger partial charge in [0, 0.05) is 41.8 Å². The van der Waals surface area contributed by atoms with E-state index in [4.69, 9.17) is 15.2 Å². The summed E-state index contributed by atoms with van der Waals surface area (Å²) in [5.74, 6) is -0.826. The Balaban J connectivity index is 0.000000686. The molecule has 0 radical (unpaired) electrons. The molecule has 0 saturated heterocycles. The number of hydrogen-bond acceptors (Lipinski definition) is 8. The van der Waals surface area contributed by atoms with Crippen molar-refractivity contribution in [3.8, 4) is 0 Å². The molecule has 12 heteroatoms. The molecule has 34 heavy (non-hydrogen) atoms. The first-order valence-electron chi connectivity index (χ1n) is 10.4. The fourth-order valence-corrected chi connectivity index (χ4v) is 2.39. The standard InChI is InChI=1S/C14H20N2O4.C8H16N2O4/c1-10(17)12(13(18)16(2)3)20-14(19)15-9-11-7-5-4-6-8-11;1-5(13-4)6(14-8(9)12)7(11)10(2)3/h4-8,10,12,17H,9H2,1-3H3,(H,15,19);5-6H,1-4H3,(H2,9,12)/t10-,12-;5-,6-/m11/s1. The topological polar surface area (TPSA) is 161 Å². The van der Waals surface area contributed by atoms with E-state index in [9.17, 15) is 24.3 Å². The third kappa shape index (κ3) is 11.5. The molecule has 192 valence electrons. The van der Waals surface area contributed by atoms with E-state index in [2.05, 4.69) is 10.1 Å². The molecule has 0 bridgehead atoms. The number of likely N-dealkylation sites (N-methyl/N-ethyl adjacent to an activating group) is 2. The zero-order valence-electron chi connectivity index (χ0n) is 20.7. The number of nitrogens with two attached hydrogens (primary N) is 1. The van der Waals surface area contributed by atoms with Gasteiger partial charge in [0.1, 0.15) is 6.10 Å². The largest absolute Gasteiger partial charge is 0.433 e. The number of primary amides is 1. The van der Waals surface area contributed by atoms with Crippen LogP contribution in [0.2, 0.25) is 0 Å². The van der Waals surface area contributed by atoms with E-state index in [1.807, 2.05) is 30.3 Å². The summed E-state index contributed by atoms with van der Waals surface area (Å²) in [4.78, 5) is 48.0. The van der Waals surface area contributed by atoms with Crippen LogP contribution in [0.5, 0.6) is 0 Å². The van der Waals surface area contributed by atoms with Crippen molar-refractivity contribution >= 4 is 24.0 Å². The maximum Gasteiger partial charge on any atom is 0.408 e. The molecule has 1 rings (SSSR count). The molecule has 1 aromatic rings. The average Bonchev–Trinajstić information content (AvgIpc) is 2.78. The highest BCUT2D eigenvalue weighted by Crippen LogP contribution is 2.06. The fourth-order valence-electron chi connectivity index (χ4n) is 2.39. The lowest BCUT2D eigenvalue weighted by atomic mass is 10.2. The molecule has 12 nitrogen and oxygen atoms in total. The summed E-state index contributed by atoms with van der Waals surface area (Å²) < 4.78 is 14.5. The molecule has 0 unspecified atom stereocenters. The predicted molar refractivity (Wildman–Crippen MR) is 124 cm³/mol. The van der Waals surface area contributed by atoms with Gasteiger partial charge in [-0.05, 0) is 19.4 Å². The highest BCUT2D eigenvalue weighted by molar-refractivity contribution is 5.84. The van der Waals surface area contributed by atoms with Crippen molar-refractivity contribution < 1.29 is 38.5 Å². The van der Waals surface area contributed by atoms with E-state index in [0.29, 0.717) is 6.54 Å². The average molecular weight is 485 g/mol. The van der Waals surface area contributed by atoms with Gasteiger partial charge in [0.2, 0.25) is 12.2 Å². The molecule has 0 aliphatic carbocycles. The van der Waals surface area contributed by atoms with Gasteiger partial charge in [-0.15, -0.1) is 0 Å². The van der Waals surface area contributed by atoms with Gasteiger partial charge in [0.05, 0.1) is 6.10 Å². The number of nitrogens with one attached hydrogen (secondary N) is 1. The van der Waals surface area contributed by atoms with E-state index in [-0.39, 0.29) is 5.91 Å². The van der Waals surface area contributed by atoms with E-state index in [0.717, 1.165) is 5.56 Å². The summed E-state index contributed by atoms with van der Waals surface area (Å²) in [7, 11) is 7.60. The van der Waals surface area contributed by atoms with E-state index in [1.54, 1.807) is 21.0 Å². The zero-order valence-corrected chi connectivity index (χ0v) is 20.7. The number of rotatable bonds is 9. The monoisotopic (exact) mass is 484 g/mol. The van der Waals surface area contributed by atoms with Crippen molar-refractivity contribution in [1.82, 2.24) is 15.1 Å². The molecule has 0 heterocycles. The smallest absolute Gasteiger partial charge is 0.408 e. The molecule has 0 aromatic heterocycles. The van der Waals surface area contributed by atoms with Gasteiger partial charge >= 0.3 is 12.2 Å². The van der Waals surface area contributed by atoms with Gasteiger partial charge < -0.3 is 40.2 Å². The van der Waals surface area contributed by atoms with Crippen LogP contribution in [-0.2, 0) is 30.3 Å². The number of alkyl carbamates (subject to hydrolysis) is 1. The van der Waals surface area contributed by atoms with Crippen molar-refractivity contribution in [3.05, 3.63) is 35.9 Å². The molecule has 0 aliphatic heterocycles. The van der Waals surface area contributed by atoms with Crippen LogP contribution in [0.1, 0.15) is 19.4 Å². The Morgan fingerprint density at radius 1 is 0.941 bits per heavy atom. The predicted octanol–water partition coefficient (Wildman–Crippen LogP) is 0.324. The summed E-state index contributed by atoms with van der Waals surface area (Å²) in [6.07, 6.45) is -5.54. The number of hydrogen-bond donors (Lipinski definition) is 3. The number of ether oxygens (including phenoxy) is 3. The molecule has 4 N–H and O–H groups in total. The first-order valence-corrected chi connectivity index (χ1v) is 10.4. The molecule has 1 aromatic carbocycles. The fraction of sp³-hybridized carbons (Fsp3) is 0.545. The van der Waals surface area contributed by atoms with E-state index < -0.39 is 42.5 Å². The molecule has 0 spiro atoms. The molecule has 4 amide bonds. The minimum absolute atomic E-state index is 0.294. The van der Waals surface area contributed by atoms with Crippen LogP contribution in [0, 0.1) is 0 Å². The number of amides is 4. The third-order valence-corrected chi connectivity index (χ3v) is 4.36. The Kier molecular flexibility index (Phi) is 13.9. The zero-order chi connectivity index (χ0) is 26.4. The Hall–Kier alpha value is -3.38. The number of nitrogens with zero attached hydrogens (tertiary/aromatic N) is 2. The minimum Gasteiger partial charge on any atom is -0.433 e. The van der Waals surface area contributed by atoms with Crippen LogP contribution in [0.25, 0.3) is 0 Å². The van der Waals surface area contributed by atoms with Crippen molar-refractivity contribution in [2.24, 2.45) is 5.73 Å². The van der Waals surface area contributed by atoms with Crippen LogP contribution < -0.4 is 11.1 Å². The molecular weight excluding hydrogens is 448 g/mol. The van der Waals surface area contributed by atoms with Crippen molar-refractivity contribution in [1.29, 1.82) is 0 Å². The molecule has 0 aliphatic rings. The van der Waals surface area contributed by atoms with Gasteiger partial charge in [-0.2, -0.15) is 0 Å². The minimum atomic E-state index is -1.21. The number of aliphatic hydroxyl groups is 1. The second-order valence-electron chi connectivity index (χ2n) is 7.67. The van der Waals surface area contributed by atoms with Crippen LogP contribution in [0.3, 0.4) is 0 Å². The van der Waals surface area contributed by atoms with Crippen LogP contribution in [-0.4, -0.2) is 98.6 Å². The van der Waals surface area contributed by atoms with Crippen LogP contribution in [0.4, 0.5) is 9.59 Å². The summed E-state index contributed by atoms with van der Waals surface area (Å²) in [6.45, 7) is 3.31. The first kappa shape index (κ1) is 30.6. The van der Waals surface area contributed by atoms with Gasteiger partial charge in [0.15, 0.2) is 0 Å². The summed E-state index contributed by atoms with van der Waals surface area (Å²) in [5, 5.41) is 12.0. The number of aliphatic hydroxyl groups excluding tert-OH is 1.